The molecule has 5 rings (SSSR count). The standard InChI is InChI=1S/C36H39N3O4S.Li/c1-24(2)23-44-34-30-18-29(43-22-28-8-6-7-17-37-28)14-15-31(30)39(32(34)19-36(3,4)35(40)41)21-25-9-11-26(12-10-25)27-13-16-33(42-5)38-20-27;/h6-18,20,24H,19,21-23H2,1-5H3,(H,40,41);/q;+1/p-1. The molecule has 0 N–H and O–H groups in total. The SMILES string of the molecule is COc1ccc(-c2ccc(Cn3c(CC(C)(C)C(=O)[O-])c(SCC(C)C)c4cc(OCc5ccccn5)ccc43)cc2)cn1.[Li+]. The van der Waals surface area contributed by atoms with Crippen LogP contribution in [0.3, 0.4) is 0 Å². The Hall–Kier alpha value is -3.70. The van der Waals surface area contributed by atoms with Gasteiger partial charge in [0.25, 0.3) is 0 Å². The van der Waals surface area contributed by atoms with Gasteiger partial charge in [0.1, 0.15) is 12.4 Å². The van der Waals surface area contributed by atoms with Gasteiger partial charge in [0.05, 0.1) is 12.8 Å². The summed E-state index contributed by atoms with van der Waals surface area (Å²) in [6.07, 6.45) is 3.90. The summed E-state index contributed by atoms with van der Waals surface area (Å²) in [5.41, 5.74) is 5.00. The Morgan fingerprint density at radius 3 is 2.38 bits per heavy atom. The number of fused-ring (bicyclic) bond motifs is 1. The number of methoxy groups -OCH3 is 1. The Labute approximate surface area is 281 Å². The molecule has 0 amide bonds. The predicted molar refractivity (Wildman–Crippen MR) is 174 cm³/mol. The van der Waals surface area contributed by atoms with E-state index in [0.29, 0.717) is 31.4 Å². The van der Waals surface area contributed by atoms with Gasteiger partial charge in [0.2, 0.25) is 5.88 Å². The second-order valence-electron chi connectivity index (χ2n) is 12.0. The molecule has 0 aliphatic carbocycles. The molecule has 0 atom stereocenters. The molecular weight excluding hydrogens is 577 g/mol. The van der Waals surface area contributed by atoms with E-state index in [2.05, 4.69) is 64.8 Å². The average molecular weight is 616 g/mol. The second-order valence-corrected chi connectivity index (χ2v) is 13.0. The first-order valence-electron chi connectivity index (χ1n) is 14.8. The maximum atomic E-state index is 12.2. The number of aromatic nitrogens is 3. The van der Waals surface area contributed by atoms with Crippen LogP contribution in [0.1, 0.15) is 44.6 Å². The molecule has 0 bridgehead atoms. The number of benzene rings is 2. The first-order chi connectivity index (χ1) is 21.1. The maximum Gasteiger partial charge on any atom is 1.00 e. The van der Waals surface area contributed by atoms with E-state index in [0.717, 1.165) is 55.4 Å². The third-order valence-corrected chi connectivity index (χ3v) is 9.08. The number of ether oxygens (including phenoxy) is 2. The molecule has 7 nitrogen and oxygen atoms in total. The smallest absolute Gasteiger partial charge is 0.550 e. The van der Waals surface area contributed by atoms with Crippen molar-refractivity contribution in [1.82, 2.24) is 14.5 Å². The molecule has 9 heteroatoms. The van der Waals surface area contributed by atoms with Crippen LogP contribution in [-0.2, 0) is 24.4 Å². The van der Waals surface area contributed by atoms with Crippen molar-refractivity contribution in [2.24, 2.45) is 11.3 Å². The van der Waals surface area contributed by atoms with Crippen molar-refractivity contribution < 1.29 is 38.2 Å². The molecule has 5 aromatic rings. The van der Waals surface area contributed by atoms with Gasteiger partial charge < -0.3 is 23.9 Å². The number of hydrogen-bond acceptors (Lipinski definition) is 7. The quantitative estimate of drug-likeness (QED) is 0.147. The summed E-state index contributed by atoms with van der Waals surface area (Å²) in [4.78, 5) is 22.0. The van der Waals surface area contributed by atoms with Crippen LogP contribution in [0.15, 0.2) is 90.1 Å². The minimum atomic E-state index is -1.06. The van der Waals surface area contributed by atoms with Gasteiger partial charge in [-0.05, 0) is 59.9 Å². The van der Waals surface area contributed by atoms with Crippen molar-refractivity contribution in [3.8, 4) is 22.8 Å². The van der Waals surface area contributed by atoms with Gasteiger partial charge in [-0.1, -0.05) is 58.0 Å². The molecule has 2 aromatic carbocycles. The summed E-state index contributed by atoms with van der Waals surface area (Å²) in [5, 5.41) is 13.3. The van der Waals surface area contributed by atoms with Crippen molar-refractivity contribution >= 4 is 28.6 Å². The van der Waals surface area contributed by atoms with Crippen LogP contribution in [0.4, 0.5) is 0 Å². The van der Waals surface area contributed by atoms with E-state index in [9.17, 15) is 9.90 Å². The van der Waals surface area contributed by atoms with Gasteiger partial charge in [-0.25, -0.2) is 4.98 Å². The summed E-state index contributed by atoms with van der Waals surface area (Å²) in [6, 6.07) is 24.2. The van der Waals surface area contributed by atoms with Gasteiger partial charge in [-0.3, -0.25) is 4.98 Å². The minimum absolute atomic E-state index is 0. The first-order valence-corrected chi connectivity index (χ1v) is 15.7. The van der Waals surface area contributed by atoms with Crippen LogP contribution >= 0.6 is 11.8 Å². The van der Waals surface area contributed by atoms with E-state index in [1.54, 1.807) is 45.1 Å². The minimum Gasteiger partial charge on any atom is -0.550 e. The van der Waals surface area contributed by atoms with Crippen LogP contribution in [-0.4, -0.2) is 33.4 Å². The molecule has 0 radical (unpaired) electrons. The number of carboxylic acid groups (broad SMARTS) is 1. The molecule has 0 aliphatic rings. The summed E-state index contributed by atoms with van der Waals surface area (Å²) < 4.78 is 13.6. The van der Waals surface area contributed by atoms with E-state index in [1.807, 2.05) is 36.4 Å². The number of aliphatic carboxylic acids is 1. The Balaban J connectivity index is 0.00000461. The molecular formula is C36H38LiN3O4S. The Morgan fingerprint density at radius 1 is 1.00 bits per heavy atom. The Morgan fingerprint density at radius 2 is 1.76 bits per heavy atom. The molecule has 0 fully saturated rings. The summed E-state index contributed by atoms with van der Waals surface area (Å²) in [7, 11) is 1.60. The molecule has 228 valence electrons. The molecule has 0 spiro atoms. The van der Waals surface area contributed by atoms with Crippen LogP contribution in [0.2, 0.25) is 0 Å². The fourth-order valence-corrected chi connectivity index (χ4v) is 6.17. The predicted octanol–water partition coefficient (Wildman–Crippen LogP) is 3.80. The van der Waals surface area contributed by atoms with E-state index < -0.39 is 11.4 Å². The number of carbonyl (C=O) groups is 1. The van der Waals surface area contributed by atoms with Crippen LogP contribution in [0, 0.1) is 11.3 Å². The third kappa shape index (κ3) is 8.32. The number of pyridine rings is 2. The van der Waals surface area contributed by atoms with Gasteiger partial charge in [0.15, 0.2) is 0 Å². The molecule has 0 aliphatic heterocycles. The first kappa shape index (κ1) is 34.2. The van der Waals surface area contributed by atoms with Crippen molar-refractivity contribution in [3.05, 3.63) is 102 Å². The summed E-state index contributed by atoms with van der Waals surface area (Å²) in [5.74, 6) is 1.62. The number of carbonyl (C=O) groups excluding carboxylic acids is 1. The normalized spacial score (nSPS) is 11.4. The van der Waals surface area contributed by atoms with E-state index in [-0.39, 0.29) is 18.9 Å². The summed E-state index contributed by atoms with van der Waals surface area (Å²) >= 11 is 1.78. The number of hydrogen-bond donors (Lipinski definition) is 0. The van der Waals surface area contributed by atoms with Gasteiger partial charge in [-0.2, -0.15) is 0 Å². The third-order valence-electron chi connectivity index (χ3n) is 7.50. The molecule has 3 heterocycles. The molecule has 3 aromatic heterocycles. The number of nitrogens with zero attached hydrogens (tertiary/aromatic N) is 3. The molecule has 0 saturated heterocycles. The second kappa shape index (κ2) is 15.1. The van der Waals surface area contributed by atoms with E-state index >= 15 is 0 Å². The maximum absolute atomic E-state index is 12.2. The van der Waals surface area contributed by atoms with Crippen molar-refractivity contribution in [1.29, 1.82) is 0 Å². The summed E-state index contributed by atoms with van der Waals surface area (Å²) in [6.45, 7) is 8.81. The average Bonchev–Trinajstić information content (AvgIpc) is 3.30. The number of thioether (sulfide) groups is 1. The van der Waals surface area contributed by atoms with Gasteiger partial charge in [0, 0.05) is 69.2 Å². The largest absolute Gasteiger partial charge is 1.00 e. The van der Waals surface area contributed by atoms with Gasteiger partial charge >= 0.3 is 18.9 Å². The zero-order chi connectivity index (χ0) is 31.3. The van der Waals surface area contributed by atoms with Crippen LogP contribution in [0.5, 0.6) is 11.6 Å². The van der Waals surface area contributed by atoms with Crippen molar-refractivity contribution in [2.75, 3.05) is 12.9 Å². The van der Waals surface area contributed by atoms with E-state index in [1.165, 1.54) is 0 Å². The fraction of sp³-hybridized carbons (Fsp3) is 0.306. The Kier molecular flexibility index (Phi) is 11.4. The zero-order valence-corrected chi connectivity index (χ0v) is 27.7. The van der Waals surface area contributed by atoms with Crippen molar-refractivity contribution in [2.45, 2.75) is 52.2 Å². The Bertz CT molecular complexity index is 1720. The molecule has 0 unspecified atom stereocenters. The van der Waals surface area contributed by atoms with Crippen LogP contribution < -0.4 is 33.4 Å². The topological polar surface area (TPSA) is 89.3 Å². The van der Waals surface area contributed by atoms with Crippen LogP contribution in [0.25, 0.3) is 22.0 Å². The fourth-order valence-electron chi connectivity index (χ4n) is 5.00. The van der Waals surface area contributed by atoms with Crippen molar-refractivity contribution in [3.63, 3.8) is 0 Å². The molecule has 0 saturated carbocycles. The number of carboxylic acids is 1. The number of rotatable bonds is 13. The monoisotopic (exact) mass is 615 g/mol. The van der Waals surface area contributed by atoms with E-state index in [4.69, 9.17) is 9.47 Å². The molecule has 45 heavy (non-hydrogen) atoms. The zero-order valence-electron chi connectivity index (χ0n) is 26.9. The van der Waals surface area contributed by atoms with Gasteiger partial charge in [-0.15, -0.1) is 11.8 Å².